The molecule has 0 aromatic heterocycles. The van der Waals surface area contributed by atoms with Crippen LogP contribution in [0.15, 0.2) is 42.5 Å². The number of ketones is 1. The maximum absolute atomic E-state index is 11.2. The van der Waals surface area contributed by atoms with E-state index in [1.807, 2.05) is 25.1 Å². The van der Waals surface area contributed by atoms with Gasteiger partial charge < -0.3 is 14.6 Å². The normalized spacial score (nSPS) is 10.3. The van der Waals surface area contributed by atoms with Crippen LogP contribution in [0.5, 0.6) is 11.5 Å². The van der Waals surface area contributed by atoms with Gasteiger partial charge in [0, 0.05) is 5.56 Å². The molecule has 0 aliphatic heterocycles. The number of aliphatic hydroxyl groups excluding tert-OH is 1. The molecule has 0 saturated carbocycles. The van der Waals surface area contributed by atoms with Crippen molar-refractivity contribution >= 4 is 5.78 Å². The molecule has 0 saturated heterocycles. The highest BCUT2D eigenvalue weighted by atomic mass is 16.5. The molecule has 0 unspecified atom stereocenters. The second-order valence-electron chi connectivity index (χ2n) is 5.09. The van der Waals surface area contributed by atoms with Crippen molar-refractivity contribution in [1.29, 1.82) is 0 Å². The Balaban J connectivity index is 1.81. The Morgan fingerprint density at radius 2 is 1.64 bits per heavy atom. The molecule has 4 heteroatoms. The lowest BCUT2D eigenvalue weighted by atomic mass is 10.1. The van der Waals surface area contributed by atoms with Crippen molar-refractivity contribution in [2.24, 2.45) is 0 Å². The number of aliphatic hydroxyl groups is 1. The number of carbonyl (C=O) groups is 1. The highest BCUT2D eigenvalue weighted by Crippen LogP contribution is 2.17. The molecule has 1 N–H and O–H groups in total. The lowest BCUT2D eigenvalue weighted by molar-refractivity contribution is 0.101. The van der Waals surface area contributed by atoms with E-state index in [0.717, 1.165) is 16.9 Å². The molecule has 116 valence electrons. The Bertz CT molecular complexity index is 632. The average Bonchev–Trinajstić information content (AvgIpc) is 2.51. The molecule has 2 rings (SSSR count). The van der Waals surface area contributed by atoms with Gasteiger partial charge in [0.05, 0.1) is 6.61 Å². The van der Waals surface area contributed by atoms with Crippen LogP contribution in [-0.2, 0) is 6.61 Å². The van der Waals surface area contributed by atoms with Crippen LogP contribution in [0.2, 0.25) is 0 Å². The first-order valence-corrected chi connectivity index (χ1v) is 7.16. The zero-order chi connectivity index (χ0) is 15.9. The molecule has 2 aromatic carbocycles. The van der Waals surface area contributed by atoms with Crippen LogP contribution < -0.4 is 9.47 Å². The van der Waals surface area contributed by atoms with Gasteiger partial charge in [0.25, 0.3) is 0 Å². The lowest BCUT2D eigenvalue weighted by Crippen LogP contribution is -2.09. The van der Waals surface area contributed by atoms with Crippen LogP contribution in [0.25, 0.3) is 0 Å². The maximum atomic E-state index is 11.2. The summed E-state index contributed by atoms with van der Waals surface area (Å²) >= 11 is 0. The van der Waals surface area contributed by atoms with Gasteiger partial charge >= 0.3 is 0 Å². The molecule has 0 aliphatic carbocycles. The molecule has 0 atom stereocenters. The summed E-state index contributed by atoms with van der Waals surface area (Å²) in [4.78, 5) is 11.2. The van der Waals surface area contributed by atoms with Crippen LogP contribution in [0.3, 0.4) is 0 Å². The molecule has 0 fully saturated rings. The summed E-state index contributed by atoms with van der Waals surface area (Å²) in [5.74, 6) is 1.46. The number of hydrogen-bond donors (Lipinski definition) is 1. The fraction of sp³-hybridized carbons (Fsp3) is 0.278. The van der Waals surface area contributed by atoms with Crippen LogP contribution in [0, 0.1) is 6.92 Å². The van der Waals surface area contributed by atoms with Crippen molar-refractivity contribution < 1.29 is 19.4 Å². The molecular formula is C18H20O4. The van der Waals surface area contributed by atoms with Crippen molar-refractivity contribution in [3.05, 3.63) is 59.2 Å². The molecule has 22 heavy (non-hydrogen) atoms. The molecule has 0 amide bonds. The number of hydrogen-bond acceptors (Lipinski definition) is 4. The Hall–Kier alpha value is -2.33. The number of rotatable bonds is 7. The van der Waals surface area contributed by atoms with Crippen LogP contribution in [-0.4, -0.2) is 24.1 Å². The predicted molar refractivity (Wildman–Crippen MR) is 84.5 cm³/mol. The third kappa shape index (κ3) is 4.60. The van der Waals surface area contributed by atoms with Gasteiger partial charge in [-0.05, 0) is 61.4 Å². The molecule has 0 spiro atoms. The zero-order valence-corrected chi connectivity index (χ0v) is 12.8. The van der Waals surface area contributed by atoms with Gasteiger partial charge in [-0.25, -0.2) is 0 Å². The van der Waals surface area contributed by atoms with Crippen LogP contribution in [0.4, 0.5) is 0 Å². The number of carbonyl (C=O) groups excluding carboxylic acids is 1. The van der Waals surface area contributed by atoms with Gasteiger partial charge in [0.1, 0.15) is 24.7 Å². The Morgan fingerprint density at radius 3 is 2.23 bits per heavy atom. The Morgan fingerprint density at radius 1 is 1.00 bits per heavy atom. The van der Waals surface area contributed by atoms with E-state index in [1.165, 1.54) is 6.92 Å². The standard InChI is InChI=1S/C18H20O4/c1-13-9-15(12-19)11-18(10-13)22-8-7-21-17-5-3-16(4-6-17)14(2)20/h3-6,9-11,19H,7-8,12H2,1-2H3. The first-order chi connectivity index (χ1) is 10.6. The van der Waals surface area contributed by atoms with E-state index in [4.69, 9.17) is 14.6 Å². The van der Waals surface area contributed by atoms with Gasteiger partial charge in [-0.15, -0.1) is 0 Å². The minimum Gasteiger partial charge on any atom is -0.490 e. The molecule has 2 aromatic rings. The summed E-state index contributed by atoms with van der Waals surface area (Å²) < 4.78 is 11.2. The van der Waals surface area contributed by atoms with Crippen LogP contribution in [0.1, 0.15) is 28.4 Å². The highest BCUT2D eigenvalue weighted by Gasteiger charge is 2.01. The Labute approximate surface area is 130 Å². The predicted octanol–water partition coefficient (Wildman–Crippen LogP) is 3.15. The molecule has 0 heterocycles. The molecule has 0 aliphatic rings. The van der Waals surface area contributed by atoms with Crippen molar-refractivity contribution in [2.75, 3.05) is 13.2 Å². The number of ether oxygens (including phenoxy) is 2. The van der Waals surface area contributed by atoms with Crippen molar-refractivity contribution in [3.63, 3.8) is 0 Å². The topological polar surface area (TPSA) is 55.8 Å². The fourth-order valence-electron chi connectivity index (χ4n) is 2.10. The lowest BCUT2D eigenvalue weighted by Gasteiger charge is -2.10. The zero-order valence-electron chi connectivity index (χ0n) is 12.8. The molecule has 4 nitrogen and oxygen atoms in total. The second-order valence-corrected chi connectivity index (χ2v) is 5.09. The summed E-state index contributed by atoms with van der Waals surface area (Å²) in [7, 11) is 0. The largest absolute Gasteiger partial charge is 0.490 e. The number of aryl methyl sites for hydroxylation is 1. The van der Waals surface area contributed by atoms with Gasteiger partial charge in [0.2, 0.25) is 0 Å². The van der Waals surface area contributed by atoms with Crippen molar-refractivity contribution in [3.8, 4) is 11.5 Å². The highest BCUT2D eigenvalue weighted by molar-refractivity contribution is 5.94. The summed E-state index contributed by atoms with van der Waals surface area (Å²) in [5.41, 5.74) is 2.54. The summed E-state index contributed by atoms with van der Waals surface area (Å²) in [6.07, 6.45) is 0. The van der Waals surface area contributed by atoms with Gasteiger partial charge in [-0.1, -0.05) is 6.07 Å². The third-order valence-corrected chi connectivity index (χ3v) is 3.17. The quantitative estimate of drug-likeness (QED) is 0.630. The van der Waals surface area contributed by atoms with E-state index in [0.29, 0.717) is 24.5 Å². The second kappa shape index (κ2) is 7.61. The smallest absolute Gasteiger partial charge is 0.159 e. The summed E-state index contributed by atoms with van der Waals surface area (Å²) in [6.45, 7) is 4.30. The monoisotopic (exact) mass is 300 g/mol. The van der Waals surface area contributed by atoms with Gasteiger partial charge in [-0.3, -0.25) is 4.79 Å². The maximum Gasteiger partial charge on any atom is 0.159 e. The summed E-state index contributed by atoms with van der Waals surface area (Å²) in [6, 6.07) is 12.7. The first-order valence-electron chi connectivity index (χ1n) is 7.16. The van der Waals surface area contributed by atoms with Gasteiger partial charge in [-0.2, -0.15) is 0 Å². The van der Waals surface area contributed by atoms with E-state index in [9.17, 15) is 4.79 Å². The molecular weight excluding hydrogens is 280 g/mol. The van der Waals surface area contributed by atoms with E-state index in [2.05, 4.69) is 0 Å². The molecule has 0 radical (unpaired) electrons. The third-order valence-electron chi connectivity index (χ3n) is 3.17. The minimum absolute atomic E-state index is 0.00294. The van der Waals surface area contributed by atoms with E-state index >= 15 is 0 Å². The summed E-state index contributed by atoms with van der Waals surface area (Å²) in [5, 5.41) is 9.16. The number of Topliss-reactive ketones (excluding diaryl/α,β-unsaturated/α-hetero) is 1. The Kier molecular flexibility index (Phi) is 5.55. The fourth-order valence-corrected chi connectivity index (χ4v) is 2.10. The van der Waals surface area contributed by atoms with E-state index in [1.54, 1.807) is 24.3 Å². The van der Waals surface area contributed by atoms with E-state index in [-0.39, 0.29) is 12.4 Å². The minimum atomic E-state index is -0.00294. The number of benzene rings is 2. The van der Waals surface area contributed by atoms with E-state index < -0.39 is 0 Å². The average molecular weight is 300 g/mol. The van der Waals surface area contributed by atoms with Crippen molar-refractivity contribution in [2.45, 2.75) is 20.5 Å². The SMILES string of the molecule is CC(=O)c1ccc(OCCOc2cc(C)cc(CO)c2)cc1. The van der Waals surface area contributed by atoms with Crippen molar-refractivity contribution in [1.82, 2.24) is 0 Å². The van der Waals surface area contributed by atoms with Crippen LogP contribution >= 0.6 is 0 Å². The van der Waals surface area contributed by atoms with Gasteiger partial charge in [0.15, 0.2) is 5.78 Å². The molecule has 0 bridgehead atoms. The first kappa shape index (κ1) is 16.0.